The molecule has 1 heterocycles. The van der Waals surface area contributed by atoms with E-state index < -0.39 is 0 Å². The molecule has 0 radical (unpaired) electrons. The largest absolute Gasteiger partial charge is 0.467 e. The Morgan fingerprint density at radius 2 is 2.20 bits per heavy atom. The summed E-state index contributed by atoms with van der Waals surface area (Å²) in [6.45, 7) is 3.07. The number of anilines is 1. The number of aryl methyl sites for hydroxylation is 1. The Bertz CT molecular complexity index is 567. The maximum atomic E-state index is 11.7. The molecule has 106 valence electrons. The molecule has 5 heteroatoms. The molecule has 0 aliphatic heterocycles. The van der Waals surface area contributed by atoms with Gasteiger partial charge in [0.05, 0.1) is 12.8 Å². The first-order chi connectivity index (χ1) is 9.65. The van der Waals surface area contributed by atoms with Crippen LogP contribution in [0.5, 0.6) is 0 Å². The molecule has 2 rings (SSSR count). The molecule has 2 N–H and O–H groups in total. The molecule has 0 saturated carbocycles. The van der Waals surface area contributed by atoms with Crippen molar-refractivity contribution in [3.8, 4) is 0 Å². The SMILES string of the molecule is Cc1cc(Br)ccc1NCCC(=O)NCc1ccco1. The van der Waals surface area contributed by atoms with Gasteiger partial charge in [0.1, 0.15) is 5.76 Å². The van der Waals surface area contributed by atoms with Crippen LogP contribution >= 0.6 is 15.9 Å². The molecular formula is C15H17BrN2O2. The summed E-state index contributed by atoms with van der Waals surface area (Å²) in [6.07, 6.45) is 2.02. The predicted octanol–water partition coefficient (Wildman–Crippen LogP) is 3.47. The van der Waals surface area contributed by atoms with Crippen LogP contribution in [0.15, 0.2) is 45.5 Å². The molecule has 0 bridgehead atoms. The van der Waals surface area contributed by atoms with Crippen molar-refractivity contribution in [1.29, 1.82) is 0 Å². The number of nitrogens with one attached hydrogen (secondary N) is 2. The van der Waals surface area contributed by atoms with Gasteiger partial charge >= 0.3 is 0 Å². The van der Waals surface area contributed by atoms with E-state index in [2.05, 4.69) is 26.6 Å². The third-order valence-corrected chi connectivity index (χ3v) is 3.39. The lowest BCUT2D eigenvalue weighted by atomic mass is 10.2. The number of benzene rings is 1. The summed E-state index contributed by atoms with van der Waals surface area (Å²) in [7, 11) is 0. The molecule has 0 atom stereocenters. The van der Waals surface area contributed by atoms with Gasteiger partial charge in [0.15, 0.2) is 0 Å². The molecule has 0 spiro atoms. The number of carbonyl (C=O) groups is 1. The van der Waals surface area contributed by atoms with Crippen LogP contribution in [-0.4, -0.2) is 12.5 Å². The van der Waals surface area contributed by atoms with Gasteiger partial charge in [0, 0.05) is 23.1 Å². The maximum Gasteiger partial charge on any atom is 0.222 e. The molecule has 0 saturated heterocycles. The van der Waals surface area contributed by atoms with E-state index in [1.54, 1.807) is 12.3 Å². The molecular weight excluding hydrogens is 320 g/mol. The van der Waals surface area contributed by atoms with Gasteiger partial charge in [-0.3, -0.25) is 4.79 Å². The first kappa shape index (κ1) is 14.7. The lowest BCUT2D eigenvalue weighted by Crippen LogP contribution is -2.24. The maximum absolute atomic E-state index is 11.7. The Morgan fingerprint density at radius 1 is 1.35 bits per heavy atom. The first-order valence-electron chi connectivity index (χ1n) is 6.44. The monoisotopic (exact) mass is 336 g/mol. The van der Waals surface area contributed by atoms with Gasteiger partial charge < -0.3 is 15.1 Å². The van der Waals surface area contributed by atoms with E-state index in [9.17, 15) is 4.79 Å². The minimum atomic E-state index is 0.00339. The summed E-state index contributed by atoms with van der Waals surface area (Å²) in [6, 6.07) is 9.66. The fourth-order valence-corrected chi connectivity index (χ4v) is 2.30. The molecule has 0 unspecified atom stereocenters. The summed E-state index contributed by atoms with van der Waals surface area (Å²) in [5.74, 6) is 0.763. The second kappa shape index (κ2) is 7.14. The van der Waals surface area contributed by atoms with E-state index in [0.717, 1.165) is 21.5 Å². The van der Waals surface area contributed by atoms with Gasteiger partial charge in [-0.15, -0.1) is 0 Å². The van der Waals surface area contributed by atoms with E-state index >= 15 is 0 Å². The highest BCUT2D eigenvalue weighted by atomic mass is 79.9. The van der Waals surface area contributed by atoms with Crippen LogP contribution in [0, 0.1) is 6.92 Å². The summed E-state index contributed by atoms with van der Waals surface area (Å²) in [5.41, 5.74) is 2.20. The van der Waals surface area contributed by atoms with Crippen molar-refractivity contribution < 1.29 is 9.21 Å². The molecule has 1 amide bonds. The van der Waals surface area contributed by atoms with Crippen molar-refractivity contribution in [3.63, 3.8) is 0 Å². The van der Waals surface area contributed by atoms with Gasteiger partial charge in [-0.1, -0.05) is 15.9 Å². The molecule has 2 aromatic rings. The Morgan fingerprint density at radius 3 is 2.90 bits per heavy atom. The van der Waals surface area contributed by atoms with Crippen LogP contribution in [-0.2, 0) is 11.3 Å². The van der Waals surface area contributed by atoms with Gasteiger partial charge in [0.2, 0.25) is 5.91 Å². The first-order valence-corrected chi connectivity index (χ1v) is 7.23. The van der Waals surface area contributed by atoms with Crippen molar-refractivity contribution in [2.75, 3.05) is 11.9 Å². The number of amides is 1. The Hall–Kier alpha value is -1.75. The van der Waals surface area contributed by atoms with Crippen molar-refractivity contribution >= 4 is 27.5 Å². The highest BCUT2D eigenvalue weighted by Crippen LogP contribution is 2.19. The van der Waals surface area contributed by atoms with Gasteiger partial charge in [-0.25, -0.2) is 0 Å². The van der Waals surface area contributed by atoms with Gasteiger partial charge in [-0.05, 0) is 42.8 Å². The van der Waals surface area contributed by atoms with Crippen LogP contribution in [0.2, 0.25) is 0 Å². The Balaban J connectivity index is 1.71. The van der Waals surface area contributed by atoms with Crippen LogP contribution in [0.3, 0.4) is 0 Å². The molecule has 20 heavy (non-hydrogen) atoms. The molecule has 0 aliphatic rings. The zero-order chi connectivity index (χ0) is 14.4. The van der Waals surface area contributed by atoms with Crippen LogP contribution in [0.1, 0.15) is 17.7 Å². The lowest BCUT2D eigenvalue weighted by Gasteiger charge is -2.09. The topological polar surface area (TPSA) is 54.3 Å². The van der Waals surface area contributed by atoms with Gasteiger partial charge in [0.25, 0.3) is 0 Å². The molecule has 0 aliphatic carbocycles. The average Bonchev–Trinajstić information content (AvgIpc) is 2.92. The van der Waals surface area contributed by atoms with Crippen molar-refractivity contribution in [1.82, 2.24) is 5.32 Å². The van der Waals surface area contributed by atoms with Crippen LogP contribution in [0.25, 0.3) is 0 Å². The number of hydrogen-bond donors (Lipinski definition) is 2. The second-order valence-electron chi connectivity index (χ2n) is 4.49. The van der Waals surface area contributed by atoms with E-state index in [-0.39, 0.29) is 5.91 Å². The fourth-order valence-electron chi connectivity index (χ4n) is 1.82. The zero-order valence-corrected chi connectivity index (χ0v) is 12.9. The highest BCUT2D eigenvalue weighted by molar-refractivity contribution is 9.10. The quantitative estimate of drug-likeness (QED) is 0.849. The minimum Gasteiger partial charge on any atom is -0.467 e. The fraction of sp³-hybridized carbons (Fsp3) is 0.267. The zero-order valence-electron chi connectivity index (χ0n) is 11.3. The van der Waals surface area contributed by atoms with Crippen LogP contribution in [0.4, 0.5) is 5.69 Å². The number of furan rings is 1. The summed E-state index contributed by atoms with van der Waals surface area (Å²) >= 11 is 3.43. The average molecular weight is 337 g/mol. The van der Waals surface area contributed by atoms with Crippen molar-refractivity contribution in [2.24, 2.45) is 0 Å². The Labute approximate surface area is 126 Å². The third kappa shape index (κ3) is 4.42. The number of carbonyl (C=O) groups excluding carboxylic acids is 1. The number of halogens is 1. The summed E-state index contributed by atoms with van der Waals surface area (Å²) in [5, 5.41) is 6.07. The van der Waals surface area contributed by atoms with E-state index in [1.807, 2.05) is 31.2 Å². The van der Waals surface area contributed by atoms with E-state index in [4.69, 9.17) is 4.42 Å². The van der Waals surface area contributed by atoms with Crippen molar-refractivity contribution in [3.05, 3.63) is 52.4 Å². The molecule has 1 aromatic carbocycles. The highest BCUT2D eigenvalue weighted by Gasteiger charge is 2.03. The lowest BCUT2D eigenvalue weighted by molar-refractivity contribution is -0.121. The van der Waals surface area contributed by atoms with E-state index in [1.165, 1.54) is 0 Å². The number of rotatable bonds is 6. The number of hydrogen-bond acceptors (Lipinski definition) is 3. The Kier molecular flexibility index (Phi) is 5.24. The molecule has 1 aromatic heterocycles. The summed E-state index contributed by atoms with van der Waals surface area (Å²) < 4.78 is 6.20. The second-order valence-corrected chi connectivity index (χ2v) is 5.41. The predicted molar refractivity (Wildman–Crippen MR) is 82.5 cm³/mol. The minimum absolute atomic E-state index is 0.00339. The smallest absolute Gasteiger partial charge is 0.222 e. The molecule has 0 fully saturated rings. The van der Waals surface area contributed by atoms with Crippen molar-refractivity contribution in [2.45, 2.75) is 19.9 Å². The van der Waals surface area contributed by atoms with Crippen LogP contribution < -0.4 is 10.6 Å². The summed E-state index contributed by atoms with van der Waals surface area (Å²) in [4.78, 5) is 11.7. The third-order valence-electron chi connectivity index (χ3n) is 2.90. The normalized spacial score (nSPS) is 10.3. The van der Waals surface area contributed by atoms with Gasteiger partial charge in [-0.2, -0.15) is 0 Å². The van der Waals surface area contributed by atoms with E-state index in [0.29, 0.717) is 19.5 Å². The standard InChI is InChI=1S/C15H17BrN2O2/c1-11-9-12(16)4-5-14(11)17-7-6-15(19)18-10-13-3-2-8-20-13/h2-5,8-9,17H,6-7,10H2,1H3,(H,18,19). The molecule has 4 nitrogen and oxygen atoms in total.